The van der Waals surface area contributed by atoms with Gasteiger partial charge in [0.05, 0.1) is 6.04 Å². The number of pyridine rings is 1. The Morgan fingerprint density at radius 3 is 2.14 bits per heavy atom. The molecule has 22 heavy (non-hydrogen) atoms. The molecular formula is C13H10Cl3F3N2O. The van der Waals surface area contributed by atoms with Gasteiger partial charge in [-0.1, -0.05) is 41.4 Å². The lowest BCUT2D eigenvalue weighted by Gasteiger charge is -2.15. The van der Waals surface area contributed by atoms with Gasteiger partial charge >= 0.3 is 6.36 Å². The van der Waals surface area contributed by atoms with E-state index >= 15 is 0 Å². The molecule has 2 rings (SSSR count). The number of alkyl halides is 3. The number of hydrogen-bond donors (Lipinski definition) is 1. The summed E-state index contributed by atoms with van der Waals surface area (Å²) in [6.45, 7) is 0. The number of ether oxygens (including phenoxy) is 1. The highest BCUT2D eigenvalue weighted by molar-refractivity contribution is 6.32. The van der Waals surface area contributed by atoms with Gasteiger partial charge in [0, 0.05) is 5.56 Å². The maximum atomic E-state index is 12.1. The molecule has 0 aliphatic rings. The monoisotopic (exact) mass is 372 g/mol. The molecule has 0 bridgehead atoms. The Hall–Kier alpha value is -1.21. The third-order valence-electron chi connectivity index (χ3n) is 2.65. The Kier molecular flexibility index (Phi) is 6.31. The molecule has 3 nitrogen and oxygen atoms in total. The molecule has 0 saturated heterocycles. The van der Waals surface area contributed by atoms with E-state index in [0.29, 0.717) is 11.1 Å². The van der Waals surface area contributed by atoms with Crippen molar-refractivity contribution in [3.63, 3.8) is 0 Å². The summed E-state index contributed by atoms with van der Waals surface area (Å²) in [5, 5.41) is 0.371. The molecule has 0 saturated carbocycles. The van der Waals surface area contributed by atoms with Gasteiger partial charge in [0.1, 0.15) is 16.1 Å². The first kappa shape index (κ1) is 18.8. The highest BCUT2D eigenvalue weighted by atomic mass is 35.5. The first-order valence-corrected chi connectivity index (χ1v) is 6.45. The molecule has 0 unspecified atom stereocenters. The van der Waals surface area contributed by atoms with Crippen LogP contribution in [0.3, 0.4) is 0 Å². The molecule has 0 aliphatic carbocycles. The summed E-state index contributed by atoms with van der Waals surface area (Å²) in [5.74, 6) is -0.321. The lowest BCUT2D eigenvalue weighted by molar-refractivity contribution is -0.274. The van der Waals surface area contributed by atoms with Crippen LogP contribution in [-0.2, 0) is 0 Å². The smallest absolute Gasteiger partial charge is 0.406 e. The molecule has 1 aromatic carbocycles. The largest absolute Gasteiger partial charge is 0.573 e. The molecule has 0 radical (unpaired) electrons. The van der Waals surface area contributed by atoms with Crippen LogP contribution in [0, 0.1) is 0 Å². The van der Waals surface area contributed by atoms with E-state index < -0.39 is 12.4 Å². The van der Waals surface area contributed by atoms with Crippen molar-refractivity contribution in [2.45, 2.75) is 12.4 Å². The standard InChI is InChI=1S/C13H9Cl2F3N2O.ClH/c14-10-6-5-9(12(15)20-10)11(19)7-1-3-8(4-2-7)21-13(16,17)18;/h1-6,11H,19H2;1H/t11-;/m1./s1. The number of aromatic nitrogens is 1. The van der Waals surface area contributed by atoms with Crippen molar-refractivity contribution in [1.82, 2.24) is 4.98 Å². The summed E-state index contributed by atoms with van der Waals surface area (Å²) in [7, 11) is 0. The topological polar surface area (TPSA) is 48.1 Å². The molecule has 0 amide bonds. The minimum absolute atomic E-state index is 0. The van der Waals surface area contributed by atoms with Crippen molar-refractivity contribution < 1.29 is 17.9 Å². The molecule has 2 N–H and O–H groups in total. The van der Waals surface area contributed by atoms with Crippen molar-refractivity contribution >= 4 is 35.6 Å². The first-order chi connectivity index (χ1) is 9.76. The third-order valence-corrected chi connectivity index (χ3v) is 3.16. The number of nitrogens with zero attached hydrogens (tertiary/aromatic N) is 1. The van der Waals surface area contributed by atoms with Crippen molar-refractivity contribution in [1.29, 1.82) is 0 Å². The Bertz CT molecular complexity index is 635. The predicted octanol–water partition coefficient (Wildman–Crippen LogP) is 4.76. The second-order valence-corrected chi connectivity index (χ2v) is 4.85. The summed E-state index contributed by atoms with van der Waals surface area (Å²) in [6.07, 6.45) is -4.73. The van der Waals surface area contributed by atoms with Gasteiger partial charge in [-0.25, -0.2) is 4.98 Å². The van der Waals surface area contributed by atoms with E-state index in [1.54, 1.807) is 6.07 Å². The summed E-state index contributed by atoms with van der Waals surface area (Å²) < 4.78 is 40.0. The highest BCUT2D eigenvalue weighted by Crippen LogP contribution is 2.29. The number of hydrogen-bond acceptors (Lipinski definition) is 3. The van der Waals surface area contributed by atoms with Crippen LogP contribution in [0.1, 0.15) is 17.2 Å². The van der Waals surface area contributed by atoms with E-state index in [1.807, 2.05) is 0 Å². The Morgan fingerprint density at radius 2 is 1.64 bits per heavy atom. The van der Waals surface area contributed by atoms with Crippen LogP contribution in [0.5, 0.6) is 5.75 Å². The maximum Gasteiger partial charge on any atom is 0.573 e. The third kappa shape index (κ3) is 4.91. The van der Waals surface area contributed by atoms with Crippen LogP contribution >= 0.6 is 35.6 Å². The number of halogens is 6. The minimum atomic E-state index is -4.73. The van der Waals surface area contributed by atoms with E-state index in [0.717, 1.165) is 0 Å². The van der Waals surface area contributed by atoms with Gasteiger partial charge in [-0.05, 0) is 23.8 Å². The zero-order valence-electron chi connectivity index (χ0n) is 10.8. The van der Waals surface area contributed by atoms with Crippen LogP contribution in [0.25, 0.3) is 0 Å². The second kappa shape index (κ2) is 7.37. The Morgan fingerprint density at radius 1 is 1.05 bits per heavy atom. The molecule has 0 fully saturated rings. The van der Waals surface area contributed by atoms with Crippen LogP contribution in [0.4, 0.5) is 13.2 Å². The average molecular weight is 374 g/mol. The van der Waals surface area contributed by atoms with Crippen LogP contribution in [0.2, 0.25) is 10.3 Å². The van der Waals surface area contributed by atoms with Gasteiger partial charge < -0.3 is 10.5 Å². The lowest BCUT2D eigenvalue weighted by Crippen LogP contribution is -2.17. The van der Waals surface area contributed by atoms with Crippen molar-refractivity contribution in [2.75, 3.05) is 0 Å². The second-order valence-electron chi connectivity index (χ2n) is 4.11. The molecule has 120 valence electrons. The fourth-order valence-corrected chi connectivity index (χ4v) is 2.17. The molecule has 0 spiro atoms. The van der Waals surface area contributed by atoms with E-state index in [4.69, 9.17) is 28.9 Å². The summed E-state index contributed by atoms with van der Waals surface area (Å²) in [4.78, 5) is 3.86. The fraction of sp³-hybridized carbons (Fsp3) is 0.154. The highest BCUT2D eigenvalue weighted by Gasteiger charge is 2.31. The first-order valence-electron chi connectivity index (χ1n) is 5.69. The maximum absolute atomic E-state index is 12.1. The molecule has 1 heterocycles. The van der Waals surface area contributed by atoms with Crippen LogP contribution < -0.4 is 10.5 Å². The molecule has 1 atom stereocenters. The zero-order chi connectivity index (χ0) is 15.6. The SMILES string of the molecule is Cl.N[C@H](c1ccc(OC(F)(F)F)cc1)c1ccc(Cl)nc1Cl. The number of benzene rings is 1. The molecular weight excluding hydrogens is 364 g/mol. The Balaban J connectivity index is 0.00000242. The average Bonchev–Trinajstić information content (AvgIpc) is 2.37. The quantitative estimate of drug-likeness (QED) is 0.789. The molecule has 9 heteroatoms. The van der Waals surface area contributed by atoms with Gasteiger partial charge in [0.15, 0.2) is 0 Å². The number of nitrogens with two attached hydrogens (primary N) is 1. The van der Waals surface area contributed by atoms with Crippen LogP contribution in [0.15, 0.2) is 36.4 Å². The fourth-order valence-electron chi connectivity index (χ4n) is 1.71. The van der Waals surface area contributed by atoms with Gasteiger partial charge in [-0.2, -0.15) is 0 Å². The normalized spacial score (nSPS) is 12.5. The molecule has 1 aromatic heterocycles. The number of rotatable bonds is 3. The van der Waals surface area contributed by atoms with Crippen molar-refractivity contribution in [3.05, 3.63) is 57.8 Å². The van der Waals surface area contributed by atoms with Gasteiger partial charge in [-0.3, -0.25) is 0 Å². The zero-order valence-corrected chi connectivity index (χ0v) is 13.1. The van der Waals surface area contributed by atoms with Gasteiger partial charge in [-0.15, -0.1) is 25.6 Å². The van der Waals surface area contributed by atoms with E-state index in [9.17, 15) is 13.2 Å². The van der Waals surface area contributed by atoms with Gasteiger partial charge in [0.25, 0.3) is 0 Å². The van der Waals surface area contributed by atoms with E-state index in [1.165, 1.54) is 30.3 Å². The van der Waals surface area contributed by atoms with Gasteiger partial charge in [0.2, 0.25) is 0 Å². The molecule has 0 aliphatic heterocycles. The summed E-state index contributed by atoms with van der Waals surface area (Å²) >= 11 is 11.6. The van der Waals surface area contributed by atoms with Crippen LogP contribution in [-0.4, -0.2) is 11.3 Å². The van der Waals surface area contributed by atoms with E-state index in [2.05, 4.69) is 9.72 Å². The lowest BCUT2D eigenvalue weighted by atomic mass is 10.0. The minimum Gasteiger partial charge on any atom is -0.406 e. The molecule has 2 aromatic rings. The summed E-state index contributed by atoms with van der Waals surface area (Å²) in [6, 6.07) is 7.72. The van der Waals surface area contributed by atoms with Crippen molar-refractivity contribution in [3.8, 4) is 5.75 Å². The van der Waals surface area contributed by atoms with E-state index in [-0.39, 0.29) is 28.5 Å². The summed E-state index contributed by atoms with van der Waals surface area (Å²) in [5.41, 5.74) is 7.10. The van der Waals surface area contributed by atoms with Crippen molar-refractivity contribution in [2.24, 2.45) is 5.73 Å². The predicted molar refractivity (Wildman–Crippen MR) is 80.7 cm³/mol. The Labute approximate surface area is 140 Å².